The van der Waals surface area contributed by atoms with Crippen molar-refractivity contribution in [1.82, 2.24) is 15.5 Å². The molecular weight excluding hydrogens is 287 g/mol. The summed E-state index contributed by atoms with van der Waals surface area (Å²) in [4.78, 5) is 11.9. The number of aromatic amines is 1. The summed E-state index contributed by atoms with van der Waals surface area (Å²) in [5.41, 5.74) is 1.18. The summed E-state index contributed by atoms with van der Waals surface area (Å²) in [6.07, 6.45) is -6.16. The first-order chi connectivity index (χ1) is 9.89. The third-order valence-electron chi connectivity index (χ3n) is 2.78. The number of aliphatic hydroxyl groups is 1. The van der Waals surface area contributed by atoms with E-state index in [0.29, 0.717) is 11.3 Å². The first kappa shape index (κ1) is 15.0. The van der Waals surface area contributed by atoms with Crippen LogP contribution in [0.3, 0.4) is 0 Å². The number of nitrogens with one attached hydrogen (secondary N) is 2. The van der Waals surface area contributed by atoms with Crippen LogP contribution in [0.25, 0.3) is 11.3 Å². The Morgan fingerprint density at radius 3 is 2.62 bits per heavy atom. The second kappa shape index (κ2) is 5.96. The number of alkyl halides is 3. The van der Waals surface area contributed by atoms with Gasteiger partial charge in [-0.3, -0.25) is 9.89 Å². The molecule has 0 spiro atoms. The Morgan fingerprint density at radius 2 is 2.00 bits per heavy atom. The van der Waals surface area contributed by atoms with Crippen LogP contribution in [0, 0.1) is 0 Å². The van der Waals surface area contributed by atoms with Crippen molar-refractivity contribution in [3.8, 4) is 11.3 Å². The molecule has 5 nitrogen and oxygen atoms in total. The Bertz CT molecular complexity index is 611. The largest absolute Gasteiger partial charge is 0.416 e. The van der Waals surface area contributed by atoms with Gasteiger partial charge in [-0.15, -0.1) is 0 Å². The molecule has 0 fully saturated rings. The number of hydrogen-bond donors (Lipinski definition) is 3. The monoisotopic (exact) mass is 299 g/mol. The van der Waals surface area contributed by atoms with Gasteiger partial charge in [-0.25, -0.2) is 0 Å². The van der Waals surface area contributed by atoms with Gasteiger partial charge in [-0.2, -0.15) is 18.3 Å². The van der Waals surface area contributed by atoms with Gasteiger partial charge in [0.2, 0.25) is 0 Å². The summed E-state index contributed by atoms with van der Waals surface area (Å²) < 4.78 is 36.5. The van der Waals surface area contributed by atoms with Crippen LogP contribution in [0.4, 0.5) is 13.2 Å². The van der Waals surface area contributed by atoms with Crippen molar-refractivity contribution >= 4 is 5.91 Å². The molecule has 2 rings (SSSR count). The van der Waals surface area contributed by atoms with E-state index in [4.69, 9.17) is 5.11 Å². The number of carbonyl (C=O) groups excluding carboxylic acids is 1. The molecule has 0 saturated carbocycles. The predicted octanol–water partition coefficient (Wildman–Crippen LogP) is 1.73. The molecule has 8 heteroatoms. The molecule has 0 aliphatic rings. The molecule has 0 saturated heterocycles. The fraction of sp³-hybridized carbons (Fsp3) is 0.231. The minimum atomic E-state index is -4.77. The standard InChI is InChI=1S/C13H12F3N3O2/c14-13(15,16)10(20)7-17-12(21)9-6-18-19-11(9)8-4-2-1-3-5-8/h1-6,10,20H,7H2,(H,17,21)(H,18,19). The fourth-order valence-corrected chi connectivity index (χ4v) is 1.68. The number of nitrogens with zero attached hydrogens (tertiary/aromatic N) is 1. The van der Waals surface area contributed by atoms with Crippen LogP contribution < -0.4 is 5.32 Å². The molecule has 0 radical (unpaired) electrons. The molecular formula is C13H12F3N3O2. The van der Waals surface area contributed by atoms with Gasteiger partial charge in [0.05, 0.1) is 24.0 Å². The van der Waals surface area contributed by atoms with E-state index in [0.717, 1.165) is 0 Å². The Labute approximate surface area is 117 Å². The maximum absolute atomic E-state index is 12.2. The van der Waals surface area contributed by atoms with Crippen LogP contribution in [0.15, 0.2) is 36.5 Å². The number of aromatic nitrogens is 2. The van der Waals surface area contributed by atoms with Gasteiger partial charge in [-0.05, 0) is 0 Å². The van der Waals surface area contributed by atoms with Crippen LogP contribution >= 0.6 is 0 Å². The third-order valence-corrected chi connectivity index (χ3v) is 2.78. The van der Waals surface area contributed by atoms with E-state index in [2.05, 4.69) is 10.2 Å². The van der Waals surface area contributed by atoms with E-state index in [-0.39, 0.29) is 5.56 Å². The quantitative estimate of drug-likeness (QED) is 0.804. The Hall–Kier alpha value is -2.35. The fourth-order valence-electron chi connectivity index (χ4n) is 1.68. The number of halogens is 3. The maximum atomic E-state index is 12.2. The first-order valence-electron chi connectivity index (χ1n) is 6.01. The lowest BCUT2D eigenvalue weighted by Gasteiger charge is -2.14. The molecule has 1 aromatic carbocycles. The van der Waals surface area contributed by atoms with Gasteiger partial charge < -0.3 is 10.4 Å². The minimum absolute atomic E-state index is 0.107. The van der Waals surface area contributed by atoms with Gasteiger partial charge >= 0.3 is 6.18 Å². The van der Waals surface area contributed by atoms with Gasteiger partial charge in [0.25, 0.3) is 5.91 Å². The molecule has 1 heterocycles. The summed E-state index contributed by atoms with van der Waals surface area (Å²) in [5, 5.41) is 17.2. The van der Waals surface area contributed by atoms with Gasteiger partial charge in [0.1, 0.15) is 0 Å². The maximum Gasteiger partial charge on any atom is 0.416 e. The van der Waals surface area contributed by atoms with Crippen molar-refractivity contribution in [2.45, 2.75) is 12.3 Å². The van der Waals surface area contributed by atoms with Crippen LogP contribution in [0.2, 0.25) is 0 Å². The number of hydrogen-bond acceptors (Lipinski definition) is 3. The summed E-state index contributed by atoms with van der Waals surface area (Å²) >= 11 is 0. The van der Waals surface area contributed by atoms with Gasteiger partial charge in [-0.1, -0.05) is 30.3 Å². The normalized spacial score (nSPS) is 13.0. The lowest BCUT2D eigenvalue weighted by Crippen LogP contribution is -2.40. The lowest BCUT2D eigenvalue weighted by molar-refractivity contribution is -0.201. The van der Waals surface area contributed by atoms with Crippen LogP contribution in [-0.4, -0.2) is 40.0 Å². The Morgan fingerprint density at radius 1 is 1.33 bits per heavy atom. The predicted molar refractivity (Wildman–Crippen MR) is 68.4 cm³/mol. The summed E-state index contributed by atoms with van der Waals surface area (Å²) in [6.45, 7) is -0.915. The highest BCUT2D eigenvalue weighted by Crippen LogP contribution is 2.21. The molecule has 0 aliphatic heterocycles. The van der Waals surface area contributed by atoms with Crippen molar-refractivity contribution < 1.29 is 23.1 Å². The SMILES string of the molecule is O=C(NCC(O)C(F)(F)F)c1cn[nH]c1-c1ccccc1. The molecule has 3 N–H and O–H groups in total. The molecule has 0 bridgehead atoms. The molecule has 2 aromatic rings. The van der Waals surface area contributed by atoms with Crippen molar-refractivity contribution in [3.05, 3.63) is 42.1 Å². The van der Waals surface area contributed by atoms with Crippen LogP contribution in [0.1, 0.15) is 10.4 Å². The summed E-state index contributed by atoms with van der Waals surface area (Å²) in [5.74, 6) is -0.745. The zero-order chi connectivity index (χ0) is 15.5. The second-order valence-electron chi connectivity index (χ2n) is 4.29. The molecule has 1 atom stereocenters. The van der Waals surface area contributed by atoms with E-state index in [1.54, 1.807) is 30.3 Å². The average Bonchev–Trinajstić information content (AvgIpc) is 2.93. The van der Waals surface area contributed by atoms with Crippen molar-refractivity contribution in [1.29, 1.82) is 0 Å². The van der Waals surface area contributed by atoms with Crippen molar-refractivity contribution in [2.75, 3.05) is 6.54 Å². The minimum Gasteiger partial charge on any atom is -0.382 e. The lowest BCUT2D eigenvalue weighted by atomic mass is 10.1. The van der Waals surface area contributed by atoms with Gasteiger partial charge in [0, 0.05) is 5.56 Å². The number of amides is 1. The summed E-state index contributed by atoms with van der Waals surface area (Å²) in [6, 6.07) is 8.76. The average molecular weight is 299 g/mol. The van der Waals surface area contributed by atoms with Crippen molar-refractivity contribution in [3.63, 3.8) is 0 Å². The number of rotatable bonds is 4. The van der Waals surface area contributed by atoms with Gasteiger partial charge in [0.15, 0.2) is 6.10 Å². The van der Waals surface area contributed by atoms with E-state index < -0.39 is 24.7 Å². The van der Waals surface area contributed by atoms with E-state index >= 15 is 0 Å². The molecule has 1 unspecified atom stereocenters. The second-order valence-corrected chi connectivity index (χ2v) is 4.29. The highest BCUT2D eigenvalue weighted by Gasteiger charge is 2.38. The Kier molecular flexibility index (Phi) is 4.27. The highest BCUT2D eigenvalue weighted by molar-refractivity contribution is 5.99. The number of benzene rings is 1. The summed E-state index contributed by atoms with van der Waals surface area (Å²) in [7, 11) is 0. The zero-order valence-electron chi connectivity index (χ0n) is 10.7. The van der Waals surface area contributed by atoms with Crippen LogP contribution in [0.5, 0.6) is 0 Å². The molecule has 21 heavy (non-hydrogen) atoms. The number of aliphatic hydroxyl groups excluding tert-OH is 1. The third kappa shape index (κ3) is 3.60. The zero-order valence-corrected chi connectivity index (χ0v) is 10.7. The number of H-pyrrole nitrogens is 1. The number of carbonyl (C=O) groups is 1. The van der Waals surface area contributed by atoms with Crippen LogP contribution in [-0.2, 0) is 0 Å². The molecule has 1 amide bonds. The Balaban J connectivity index is 2.10. The molecule has 112 valence electrons. The smallest absolute Gasteiger partial charge is 0.382 e. The van der Waals surface area contributed by atoms with E-state index in [1.807, 2.05) is 5.32 Å². The van der Waals surface area contributed by atoms with Crippen molar-refractivity contribution in [2.24, 2.45) is 0 Å². The molecule has 0 aliphatic carbocycles. The first-order valence-corrected chi connectivity index (χ1v) is 6.01. The highest BCUT2D eigenvalue weighted by atomic mass is 19.4. The van der Waals surface area contributed by atoms with E-state index in [1.165, 1.54) is 6.20 Å². The van der Waals surface area contributed by atoms with E-state index in [9.17, 15) is 18.0 Å². The topological polar surface area (TPSA) is 78.0 Å². The molecule has 1 aromatic heterocycles.